The van der Waals surface area contributed by atoms with Crippen LogP contribution >= 0.6 is 0 Å². The van der Waals surface area contributed by atoms with Crippen molar-refractivity contribution >= 4 is 17.1 Å². The monoisotopic (exact) mass is 663 g/mol. The normalized spacial score (nSPS) is 14.6. The molecule has 0 saturated carbocycles. The smallest absolute Gasteiger partial charge is 0.0714 e. The van der Waals surface area contributed by atoms with Crippen molar-refractivity contribution in [1.82, 2.24) is 0 Å². The largest absolute Gasteiger partial charge is 0.310 e. The minimum absolute atomic E-state index is 0.319. The Hall–Kier alpha value is -6.44. The zero-order chi connectivity index (χ0) is 34.6. The van der Waals surface area contributed by atoms with Crippen LogP contribution in [0.5, 0.6) is 0 Å². The average molecular weight is 664 g/mol. The van der Waals surface area contributed by atoms with Gasteiger partial charge in [-0.25, -0.2) is 0 Å². The van der Waals surface area contributed by atoms with Crippen molar-refractivity contribution in [3.63, 3.8) is 0 Å². The van der Waals surface area contributed by atoms with Gasteiger partial charge in [-0.3, -0.25) is 0 Å². The molecule has 2 aliphatic carbocycles. The molecule has 8 aromatic carbocycles. The van der Waals surface area contributed by atoms with E-state index in [4.69, 9.17) is 0 Å². The van der Waals surface area contributed by atoms with Crippen molar-refractivity contribution in [3.05, 3.63) is 234 Å². The zero-order valence-corrected chi connectivity index (χ0v) is 29.1. The lowest BCUT2D eigenvalue weighted by Crippen LogP contribution is -2.28. The van der Waals surface area contributed by atoms with Crippen LogP contribution in [0, 0.1) is 0 Å². The van der Waals surface area contributed by atoms with Gasteiger partial charge in [0.15, 0.2) is 0 Å². The molecule has 52 heavy (non-hydrogen) atoms. The Kier molecular flexibility index (Phi) is 7.08. The summed E-state index contributed by atoms with van der Waals surface area (Å²) in [5.74, 6) is 0.319. The van der Waals surface area contributed by atoms with Gasteiger partial charge >= 0.3 is 0 Å². The topological polar surface area (TPSA) is 3.24 Å². The van der Waals surface area contributed by atoms with E-state index in [-0.39, 0.29) is 0 Å². The third-order valence-electron chi connectivity index (χ3n) is 11.4. The van der Waals surface area contributed by atoms with Crippen LogP contribution in [0.2, 0.25) is 0 Å². The summed E-state index contributed by atoms with van der Waals surface area (Å²) in [5.41, 5.74) is 18.6. The second kappa shape index (κ2) is 12.1. The van der Waals surface area contributed by atoms with E-state index >= 15 is 0 Å². The van der Waals surface area contributed by atoms with Gasteiger partial charge in [0.05, 0.1) is 11.1 Å². The molecule has 0 radical (unpaired) electrons. The van der Waals surface area contributed by atoms with Gasteiger partial charge in [0.25, 0.3) is 0 Å². The number of fused-ring (bicyclic) bond motifs is 6. The Bertz CT molecular complexity index is 2530. The van der Waals surface area contributed by atoms with Gasteiger partial charge in [0.1, 0.15) is 0 Å². The summed E-state index contributed by atoms with van der Waals surface area (Å²) in [6, 6.07) is 73.8. The van der Waals surface area contributed by atoms with Crippen molar-refractivity contribution in [3.8, 4) is 33.4 Å². The fourth-order valence-electron chi connectivity index (χ4n) is 9.10. The SMILES string of the molecule is CC1c2ccccc2-c2ccc(N(c3ccc(-c4ccccc4)cc3)c3cccc4c3-c3ccccc3C4(c3ccccc3)c3ccccc3)cc21. The van der Waals surface area contributed by atoms with E-state index in [9.17, 15) is 0 Å². The zero-order valence-electron chi connectivity index (χ0n) is 29.1. The first-order valence-corrected chi connectivity index (χ1v) is 18.3. The first-order chi connectivity index (χ1) is 25.7. The number of hydrogen-bond acceptors (Lipinski definition) is 1. The Balaban J connectivity index is 1.24. The van der Waals surface area contributed by atoms with Crippen molar-refractivity contribution in [2.45, 2.75) is 18.3 Å². The molecule has 0 aromatic heterocycles. The minimum atomic E-state index is -0.471. The predicted molar refractivity (Wildman–Crippen MR) is 217 cm³/mol. The molecule has 246 valence electrons. The highest BCUT2D eigenvalue weighted by Gasteiger charge is 2.47. The van der Waals surface area contributed by atoms with Gasteiger partial charge in [-0.05, 0) is 91.5 Å². The number of nitrogens with zero attached hydrogens (tertiary/aromatic N) is 1. The third-order valence-corrected chi connectivity index (χ3v) is 11.4. The van der Waals surface area contributed by atoms with Crippen LogP contribution in [0.25, 0.3) is 33.4 Å². The highest BCUT2D eigenvalue weighted by molar-refractivity contribution is 5.98. The molecule has 0 fully saturated rings. The van der Waals surface area contributed by atoms with Crippen molar-refractivity contribution in [1.29, 1.82) is 0 Å². The van der Waals surface area contributed by atoms with Crippen molar-refractivity contribution < 1.29 is 0 Å². The molecular formula is C51H37N. The van der Waals surface area contributed by atoms with Crippen LogP contribution in [0.1, 0.15) is 46.2 Å². The molecule has 8 aromatic rings. The molecule has 2 aliphatic rings. The third kappa shape index (κ3) is 4.49. The standard InChI is InChI=1S/C51H37N/c1-35-42-22-11-12-23-43(42)44-33-32-41(34-46(35)44)52(40-30-28-37(29-31-40)36-16-5-2-6-17-36)49-27-15-26-48-50(49)45-24-13-14-25-47(45)51(48,38-18-7-3-8-19-38)39-20-9-4-10-21-39/h2-35H,1H3. The summed E-state index contributed by atoms with van der Waals surface area (Å²) < 4.78 is 0. The van der Waals surface area contributed by atoms with Gasteiger partial charge < -0.3 is 4.90 Å². The van der Waals surface area contributed by atoms with E-state index < -0.39 is 5.41 Å². The quantitative estimate of drug-likeness (QED) is 0.171. The lowest BCUT2D eigenvalue weighted by atomic mass is 9.68. The molecule has 1 atom stereocenters. The van der Waals surface area contributed by atoms with Crippen LogP contribution in [-0.2, 0) is 5.41 Å². The van der Waals surface area contributed by atoms with Crippen LogP contribution in [0.15, 0.2) is 200 Å². The van der Waals surface area contributed by atoms with Crippen LogP contribution in [-0.4, -0.2) is 0 Å². The Morgan fingerprint density at radius 1 is 0.404 bits per heavy atom. The van der Waals surface area contributed by atoms with E-state index in [0.29, 0.717) is 5.92 Å². The van der Waals surface area contributed by atoms with Crippen LogP contribution < -0.4 is 4.90 Å². The maximum absolute atomic E-state index is 2.49. The summed E-state index contributed by atoms with van der Waals surface area (Å²) in [4.78, 5) is 2.49. The van der Waals surface area contributed by atoms with Crippen molar-refractivity contribution in [2.24, 2.45) is 0 Å². The summed E-state index contributed by atoms with van der Waals surface area (Å²) in [7, 11) is 0. The van der Waals surface area contributed by atoms with Gasteiger partial charge in [-0.2, -0.15) is 0 Å². The number of rotatable bonds is 6. The number of benzene rings is 8. The fraction of sp³-hybridized carbons (Fsp3) is 0.0588. The first-order valence-electron chi connectivity index (χ1n) is 18.3. The van der Waals surface area contributed by atoms with E-state index in [2.05, 4.69) is 212 Å². The molecule has 0 bridgehead atoms. The minimum Gasteiger partial charge on any atom is -0.310 e. The maximum Gasteiger partial charge on any atom is 0.0714 e. The van der Waals surface area contributed by atoms with Crippen LogP contribution in [0.3, 0.4) is 0 Å². The summed E-state index contributed by atoms with van der Waals surface area (Å²) >= 11 is 0. The van der Waals surface area contributed by atoms with E-state index in [0.717, 1.165) is 11.4 Å². The van der Waals surface area contributed by atoms with Crippen molar-refractivity contribution in [2.75, 3.05) is 4.90 Å². The van der Waals surface area contributed by atoms with E-state index in [1.165, 1.54) is 72.4 Å². The van der Waals surface area contributed by atoms with Gasteiger partial charge in [0.2, 0.25) is 0 Å². The van der Waals surface area contributed by atoms with Gasteiger partial charge in [0, 0.05) is 22.9 Å². The molecule has 0 aliphatic heterocycles. The second-order valence-corrected chi connectivity index (χ2v) is 14.1. The Morgan fingerprint density at radius 2 is 0.942 bits per heavy atom. The highest BCUT2D eigenvalue weighted by atomic mass is 15.1. The lowest BCUT2D eigenvalue weighted by Gasteiger charge is -2.34. The maximum atomic E-state index is 2.49. The van der Waals surface area contributed by atoms with Crippen LogP contribution in [0.4, 0.5) is 17.1 Å². The van der Waals surface area contributed by atoms with E-state index in [1.54, 1.807) is 0 Å². The average Bonchev–Trinajstić information content (AvgIpc) is 3.69. The summed E-state index contributed by atoms with van der Waals surface area (Å²) in [6.07, 6.45) is 0. The molecule has 0 amide bonds. The first kappa shape index (κ1) is 30.4. The summed E-state index contributed by atoms with van der Waals surface area (Å²) in [5, 5.41) is 0. The predicted octanol–water partition coefficient (Wildman–Crippen LogP) is 13.3. The second-order valence-electron chi connectivity index (χ2n) is 14.1. The molecule has 0 spiro atoms. The number of anilines is 3. The molecule has 0 heterocycles. The molecule has 1 unspecified atom stereocenters. The summed E-state index contributed by atoms with van der Waals surface area (Å²) in [6.45, 7) is 2.35. The number of hydrogen-bond donors (Lipinski definition) is 0. The molecule has 1 heteroatoms. The fourth-order valence-corrected chi connectivity index (χ4v) is 9.10. The van der Waals surface area contributed by atoms with E-state index in [1.807, 2.05) is 0 Å². The Morgan fingerprint density at radius 3 is 1.65 bits per heavy atom. The molecule has 0 saturated heterocycles. The molecule has 0 N–H and O–H groups in total. The van der Waals surface area contributed by atoms with Gasteiger partial charge in [-0.1, -0.05) is 177 Å². The molecular weight excluding hydrogens is 627 g/mol. The van der Waals surface area contributed by atoms with Gasteiger partial charge in [-0.15, -0.1) is 0 Å². The molecule has 10 rings (SSSR count). The Labute approximate surface area is 306 Å². The molecule has 1 nitrogen and oxygen atoms in total. The lowest BCUT2D eigenvalue weighted by molar-refractivity contribution is 0.768. The highest BCUT2D eigenvalue weighted by Crippen LogP contribution is 2.59.